The van der Waals surface area contributed by atoms with Gasteiger partial charge in [-0.1, -0.05) is 100 Å². The van der Waals surface area contributed by atoms with Crippen molar-refractivity contribution >= 4 is 0 Å². The normalized spacial score (nSPS) is 31.9. The van der Waals surface area contributed by atoms with Crippen molar-refractivity contribution in [2.45, 2.75) is 124 Å². The number of hydrogen-bond donors (Lipinski definition) is 0. The van der Waals surface area contributed by atoms with Gasteiger partial charge in [-0.05, 0) is 142 Å². The van der Waals surface area contributed by atoms with E-state index in [1.165, 1.54) is 75.0 Å². The molecule has 5 heteroatoms. The molecular weight excluding hydrogens is 685 g/mol. The molecule has 3 aromatic carbocycles. The van der Waals surface area contributed by atoms with Crippen LogP contribution in [0.3, 0.4) is 0 Å². The molecule has 6 aliphatic carbocycles. The molecule has 2 heterocycles. The molecule has 0 amide bonds. The molecule has 6 saturated carbocycles. The van der Waals surface area contributed by atoms with E-state index in [0.29, 0.717) is 6.61 Å². The lowest BCUT2D eigenvalue weighted by atomic mass is 9.54. The fourth-order valence-electron chi connectivity index (χ4n) is 12.8. The van der Waals surface area contributed by atoms with Gasteiger partial charge in [0.05, 0.1) is 0 Å². The number of benzene rings is 3. The molecule has 11 rings (SSSR count). The molecule has 5 nitrogen and oxygen atoms in total. The summed E-state index contributed by atoms with van der Waals surface area (Å²) in [4.78, 5) is 11.1. The van der Waals surface area contributed by atoms with Gasteiger partial charge in [0.2, 0.25) is 0 Å². The van der Waals surface area contributed by atoms with Crippen molar-refractivity contribution < 1.29 is 4.74 Å². The van der Waals surface area contributed by atoms with Crippen molar-refractivity contribution in [1.82, 2.24) is 19.6 Å². The molecule has 6 bridgehead atoms. The molecule has 3 unspecified atom stereocenters. The second kappa shape index (κ2) is 19.8. The zero-order valence-electron chi connectivity index (χ0n) is 33.2. The first-order chi connectivity index (χ1) is 26.7. The molecular formula is C51H76N4O. The van der Waals surface area contributed by atoms with Crippen molar-refractivity contribution in [2.75, 3.05) is 52.4 Å². The minimum atomic E-state index is 0. The maximum atomic E-state index is 5.89. The first-order valence-corrected chi connectivity index (χ1v) is 22.4. The standard InChI is InChI=1S/C25H28N2O.C24H40N2.2CH4/c1-3-7-22(8-4-1)19-26-15-17-27(18-16-26)20-23-11-13-25(14-12-23)28-21-24-9-5-2-6-10-24;1-3-17-5-6-23(20(4-1)12-17)25-7-2-8-26(10-9-25)24-21-13-18-11-19(15-21)16-22(24)14-18;;/h1-14H,15-21H2;17-24H,1-16H2;2*1H4. The Kier molecular flexibility index (Phi) is 14.7. The molecule has 0 spiro atoms. The fraction of sp³-hybridized carbons (Fsp3) is 0.647. The first kappa shape index (κ1) is 41.5. The zero-order valence-corrected chi connectivity index (χ0v) is 33.2. The zero-order chi connectivity index (χ0) is 36.1. The molecule has 8 fully saturated rings. The smallest absolute Gasteiger partial charge is 0.119 e. The minimum absolute atomic E-state index is 0. The second-order valence-electron chi connectivity index (χ2n) is 18.7. The van der Waals surface area contributed by atoms with Gasteiger partial charge in [-0.3, -0.25) is 19.6 Å². The Morgan fingerprint density at radius 2 is 1.00 bits per heavy atom. The molecule has 0 N–H and O–H groups in total. The van der Waals surface area contributed by atoms with Crippen LogP contribution in [0.15, 0.2) is 84.9 Å². The molecule has 2 saturated heterocycles. The highest BCUT2D eigenvalue weighted by Gasteiger charge is 2.50. The maximum absolute atomic E-state index is 5.89. The van der Waals surface area contributed by atoms with Gasteiger partial charge in [0, 0.05) is 64.4 Å². The average molecular weight is 761 g/mol. The summed E-state index contributed by atoms with van der Waals surface area (Å²) < 4.78 is 5.89. The number of nitrogens with zero attached hydrogens (tertiary/aromatic N) is 4. The molecule has 2 aliphatic heterocycles. The van der Waals surface area contributed by atoms with E-state index in [1.807, 2.05) is 18.2 Å². The molecule has 3 aromatic rings. The van der Waals surface area contributed by atoms with Crippen LogP contribution < -0.4 is 4.74 Å². The third-order valence-electron chi connectivity index (χ3n) is 15.2. The second-order valence-corrected chi connectivity index (χ2v) is 18.7. The van der Waals surface area contributed by atoms with E-state index in [1.54, 1.807) is 44.9 Å². The SMILES string of the molecule is C.C.C1CC2CCC(N3CCCN(C4C5CC6CC(C5)CC4C6)CC3)C(C1)C2.c1ccc(COc2ccc(CN3CCN(Cc4ccccc4)CC3)cc2)cc1. The third-order valence-corrected chi connectivity index (χ3v) is 15.2. The Labute approximate surface area is 342 Å². The van der Waals surface area contributed by atoms with Gasteiger partial charge < -0.3 is 4.74 Å². The van der Waals surface area contributed by atoms with Gasteiger partial charge in [-0.25, -0.2) is 0 Å². The van der Waals surface area contributed by atoms with Crippen LogP contribution in [0.5, 0.6) is 5.75 Å². The van der Waals surface area contributed by atoms with E-state index in [9.17, 15) is 0 Å². The van der Waals surface area contributed by atoms with Gasteiger partial charge >= 0.3 is 0 Å². The van der Waals surface area contributed by atoms with Crippen LogP contribution in [0.4, 0.5) is 0 Å². The summed E-state index contributed by atoms with van der Waals surface area (Å²) in [6.45, 7) is 12.8. The van der Waals surface area contributed by atoms with Crippen molar-refractivity contribution in [2.24, 2.45) is 35.5 Å². The molecule has 0 aromatic heterocycles. The van der Waals surface area contributed by atoms with Crippen LogP contribution in [-0.4, -0.2) is 84.0 Å². The van der Waals surface area contributed by atoms with Crippen LogP contribution in [-0.2, 0) is 19.7 Å². The van der Waals surface area contributed by atoms with Crippen molar-refractivity contribution in [1.29, 1.82) is 0 Å². The Bertz CT molecular complexity index is 1540. The average Bonchev–Trinajstić information content (AvgIpc) is 3.45. The highest BCUT2D eigenvalue weighted by atomic mass is 16.5. The molecule has 56 heavy (non-hydrogen) atoms. The monoisotopic (exact) mass is 761 g/mol. The summed E-state index contributed by atoms with van der Waals surface area (Å²) in [7, 11) is 0. The first-order valence-electron chi connectivity index (χ1n) is 22.4. The number of ether oxygens (including phenoxy) is 1. The summed E-state index contributed by atoms with van der Waals surface area (Å²) in [5.74, 6) is 7.48. The molecule has 306 valence electrons. The van der Waals surface area contributed by atoms with Crippen molar-refractivity contribution in [3.05, 3.63) is 102 Å². The maximum Gasteiger partial charge on any atom is 0.119 e. The highest BCUT2D eigenvalue weighted by Crippen LogP contribution is 2.55. The molecule has 8 aliphatic rings. The summed E-state index contributed by atoms with van der Waals surface area (Å²) >= 11 is 0. The Hall–Kier alpha value is -2.70. The predicted octanol–water partition coefficient (Wildman–Crippen LogP) is 10.6. The van der Waals surface area contributed by atoms with Gasteiger partial charge in [-0.2, -0.15) is 0 Å². The summed E-state index contributed by atoms with van der Waals surface area (Å²) in [5.41, 5.74) is 3.95. The van der Waals surface area contributed by atoms with E-state index < -0.39 is 0 Å². The molecule has 0 radical (unpaired) electrons. The highest BCUT2D eigenvalue weighted by molar-refractivity contribution is 5.28. The van der Waals surface area contributed by atoms with Crippen LogP contribution in [0.25, 0.3) is 0 Å². The Morgan fingerprint density at radius 1 is 0.446 bits per heavy atom. The topological polar surface area (TPSA) is 22.2 Å². The number of rotatable bonds is 9. The van der Waals surface area contributed by atoms with E-state index >= 15 is 0 Å². The van der Waals surface area contributed by atoms with Crippen molar-refractivity contribution in [3.63, 3.8) is 0 Å². The lowest BCUT2D eigenvalue weighted by Gasteiger charge is -2.57. The van der Waals surface area contributed by atoms with Gasteiger partial charge in [0.1, 0.15) is 12.4 Å². The van der Waals surface area contributed by atoms with E-state index in [0.717, 1.165) is 92.6 Å². The van der Waals surface area contributed by atoms with Crippen LogP contribution in [0.1, 0.15) is 109 Å². The van der Waals surface area contributed by atoms with Gasteiger partial charge in [-0.15, -0.1) is 0 Å². The Balaban J connectivity index is 0.000000166. The van der Waals surface area contributed by atoms with E-state index in [2.05, 4.69) is 86.3 Å². The number of piperazine rings is 1. The van der Waals surface area contributed by atoms with Gasteiger partial charge in [0.25, 0.3) is 0 Å². The molecule has 3 atom stereocenters. The number of fused-ring (bicyclic) bond motifs is 2. The van der Waals surface area contributed by atoms with Crippen LogP contribution >= 0.6 is 0 Å². The number of hydrogen-bond acceptors (Lipinski definition) is 5. The Morgan fingerprint density at radius 3 is 1.64 bits per heavy atom. The summed E-state index contributed by atoms with van der Waals surface area (Å²) in [6, 6.07) is 31.5. The van der Waals surface area contributed by atoms with E-state index in [-0.39, 0.29) is 14.9 Å². The third kappa shape index (κ3) is 10.3. The van der Waals surface area contributed by atoms with Crippen molar-refractivity contribution in [3.8, 4) is 5.75 Å². The quantitative estimate of drug-likeness (QED) is 0.216. The summed E-state index contributed by atoms with van der Waals surface area (Å²) in [5, 5.41) is 0. The predicted molar refractivity (Wildman–Crippen MR) is 235 cm³/mol. The van der Waals surface area contributed by atoms with Gasteiger partial charge in [0.15, 0.2) is 0 Å². The lowest BCUT2D eigenvalue weighted by Crippen LogP contribution is -2.56. The lowest BCUT2D eigenvalue weighted by molar-refractivity contribution is -0.0646. The summed E-state index contributed by atoms with van der Waals surface area (Å²) in [6.07, 6.45) is 18.6. The minimum Gasteiger partial charge on any atom is -0.489 e. The van der Waals surface area contributed by atoms with E-state index in [4.69, 9.17) is 4.74 Å². The van der Waals surface area contributed by atoms with Crippen LogP contribution in [0, 0.1) is 35.5 Å². The van der Waals surface area contributed by atoms with Crippen LogP contribution in [0.2, 0.25) is 0 Å². The fourth-order valence-corrected chi connectivity index (χ4v) is 12.8. The largest absolute Gasteiger partial charge is 0.489 e.